The van der Waals surface area contributed by atoms with Gasteiger partial charge in [0.15, 0.2) is 9.84 Å². The molecule has 0 radical (unpaired) electrons. The van der Waals surface area contributed by atoms with Crippen molar-refractivity contribution in [3.63, 3.8) is 0 Å². The van der Waals surface area contributed by atoms with Gasteiger partial charge >= 0.3 is 0 Å². The maximum absolute atomic E-state index is 12.6. The first-order valence-corrected chi connectivity index (χ1v) is 10.1. The average molecular weight is 376 g/mol. The Labute approximate surface area is 151 Å². The van der Waals surface area contributed by atoms with Crippen molar-refractivity contribution in [3.05, 3.63) is 59.5 Å². The summed E-state index contributed by atoms with van der Waals surface area (Å²) in [6.45, 7) is 0.254. The van der Waals surface area contributed by atoms with E-state index in [2.05, 4.69) is 5.32 Å². The zero-order valence-corrected chi connectivity index (χ0v) is 15.2. The van der Waals surface area contributed by atoms with Crippen LogP contribution in [-0.2, 0) is 16.4 Å². The van der Waals surface area contributed by atoms with Gasteiger partial charge in [-0.15, -0.1) is 0 Å². The van der Waals surface area contributed by atoms with Crippen molar-refractivity contribution in [2.75, 3.05) is 18.6 Å². The smallest absolute Gasteiger partial charge is 0.253 e. The standard InChI is InChI=1S/C18H20N2O5S/c1-20(15-7-9-26(23,24)12-15)18(22)14-5-2-4-13(10-14)17(21)19-11-16-6-3-8-25-16/h2-6,8,10,15H,7,9,11-12H2,1H3,(H,19,21). The second kappa shape index (κ2) is 7.33. The number of carbonyl (C=O) groups excluding carboxylic acids is 2. The largest absolute Gasteiger partial charge is 0.467 e. The first kappa shape index (κ1) is 18.2. The summed E-state index contributed by atoms with van der Waals surface area (Å²) in [5.41, 5.74) is 0.706. The lowest BCUT2D eigenvalue weighted by molar-refractivity contribution is 0.0747. The first-order chi connectivity index (χ1) is 12.4. The van der Waals surface area contributed by atoms with E-state index >= 15 is 0 Å². The Bertz CT molecular complexity index is 905. The lowest BCUT2D eigenvalue weighted by atomic mass is 10.1. The zero-order valence-electron chi connectivity index (χ0n) is 14.3. The minimum absolute atomic E-state index is 0.0153. The Morgan fingerprint density at radius 1 is 1.23 bits per heavy atom. The maximum atomic E-state index is 12.6. The monoisotopic (exact) mass is 376 g/mol. The molecule has 1 atom stereocenters. The van der Waals surface area contributed by atoms with E-state index < -0.39 is 9.84 Å². The van der Waals surface area contributed by atoms with Gasteiger partial charge in [-0.1, -0.05) is 6.07 Å². The van der Waals surface area contributed by atoms with Crippen molar-refractivity contribution < 1.29 is 22.4 Å². The van der Waals surface area contributed by atoms with Crippen LogP contribution in [0.3, 0.4) is 0 Å². The molecule has 138 valence electrons. The summed E-state index contributed by atoms with van der Waals surface area (Å²) >= 11 is 0. The summed E-state index contributed by atoms with van der Waals surface area (Å²) in [6, 6.07) is 9.54. The molecule has 0 saturated carbocycles. The highest BCUT2D eigenvalue weighted by atomic mass is 32.2. The third-order valence-electron chi connectivity index (χ3n) is 4.45. The van der Waals surface area contributed by atoms with Gasteiger partial charge in [0, 0.05) is 24.2 Å². The van der Waals surface area contributed by atoms with Crippen LogP contribution in [0.5, 0.6) is 0 Å². The van der Waals surface area contributed by atoms with E-state index in [9.17, 15) is 18.0 Å². The molecule has 0 aliphatic carbocycles. The molecular formula is C18H20N2O5S. The molecule has 2 aromatic rings. The van der Waals surface area contributed by atoms with E-state index in [1.54, 1.807) is 37.4 Å². The molecule has 3 rings (SSSR count). The fourth-order valence-electron chi connectivity index (χ4n) is 2.93. The van der Waals surface area contributed by atoms with E-state index in [1.165, 1.54) is 17.2 Å². The second-order valence-corrected chi connectivity index (χ2v) is 8.54. The Morgan fingerprint density at radius 3 is 2.65 bits per heavy atom. The van der Waals surface area contributed by atoms with Gasteiger partial charge in [0.25, 0.3) is 11.8 Å². The van der Waals surface area contributed by atoms with Crippen molar-refractivity contribution in [2.45, 2.75) is 19.0 Å². The van der Waals surface area contributed by atoms with Gasteiger partial charge in [-0.05, 0) is 36.8 Å². The van der Waals surface area contributed by atoms with Gasteiger partial charge in [0.2, 0.25) is 0 Å². The number of benzene rings is 1. The van der Waals surface area contributed by atoms with E-state index in [4.69, 9.17) is 4.42 Å². The highest BCUT2D eigenvalue weighted by Gasteiger charge is 2.33. The zero-order chi connectivity index (χ0) is 18.7. The molecule has 1 saturated heterocycles. The van der Waals surface area contributed by atoms with E-state index in [0.717, 1.165) is 0 Å². The molecule has 1 aliphatic heterocycles. The van der Waals surface area contributed by atoms with E-state index in [1.807, 2.05) is 0 Å². The molecule has 1 aliphatic rings. The molecule has 2 amide bonds. The highest BCUT2D eigenvalue weighted by molar-refractivity contribution is 7.91. The number of hydrogen-bond donors (Lipinski definition) is 1. The Morgan fingerprint density at radius 2 is 2.00 bits per heavy atom. The summed E-state index contributed by atoms with van der Waals surface area (Å²) < 4.78 is 28.4. The number of rotatable bonds is 5. The fourth-order valence-corrected chi connectivity index (χ4v) is 4.70. The lowest BCUT2D eigenvalue weighted by Gasteiger charge is -2.23. The molecule has 1 aromatic carbocycles. The lowest BCUT2D eigenvalue weighted by Crippen LogP contribution is -2.38. The first-order valence-electron chi connectivity index (χ1n) is 8.24. The summed E-state index contributed by atoms with van der Waals surface area (Å²) in [4.78, 5) is 26.4. The highest BCUT2D eigenvalue weighted by Crippen LogP contribution is 2.19. The topological polar surface area (TPSA) is 96.7 Å². The van der Waals surface area contributed by atoms with Gasteiger partial charge in [0.1, 0.15) is 5.76 Å². The minimum Gasteiger partial charge on any atom is -0.467 e. The molecule has 2 heterocycles. The van der Waals surface area contributed by atoms with Gasteiger partial charge in [-0.25, -0.2) is 8.42 Å². The number of amides is 2. The Kier molecular flexibility index (Phi) is 5.13. The van der Waals surface area contributed by atoms with Crippen LogP contribution in [0.15, 0.2) is 47.1 Å². The molecule has 8 heteroatoms. The number of hydrogen-bond acceptors (Lipinski definition) is 5. The molecule has 7 nitrogen and oxygen atoms in total. The molecule has 26 heavy (non-hydrogen) atoms. The van der Waals surface area contributed by atoms with Crippen molar-refractivity contribution >= 4 is 21.7 Å². The van der Waals surface area contributed by atoms with Crippen LogP contribution in [0.1, 0.15) is 32.9 Å². The maximum Gasteiger partial charge on any atom is 0.253 e. The van der Waals surface area contributed by atoms with E-state index in [-0.39, 0.29) is 35.9 Å². The fraction of sp³-hybridized carbons (Fsp3) is 0.333. The molecule has 1 unspecified atom stereocenters. The van der Waals surface area contributed by atoms with Crippen LogP contribution < -0.4 is 5.32 Å². The number of nitrogens with one attached hydrogen (secondary N) is 1. The molecule has 0 spiro atoms. The minimum atomic E-state index is -3.07. The van der Waals surface area contributed by atoms with Gasteiger partial charge < -0.3 is 14.6 Å². The molecular weight excluding hydrogens is 356 g/mol. The predicted molar refractivity (Wildman–Crippen MR) is 95.5 cm³/mol. The van der Waals surface area contributed by atoms with Crippen LogP contribution in [0.4, 0.5) is 0 Å². The third kappa shape index (κ3) is 4.13. The molecule has 1 aromatic heterocycles. The molecule has 0 bridgehead atoms. The van der Waals surface area contributed by atoms with Crippen molar-refractivity contribution in [2.24, 2.45) is 0 Å². The van der Waals surface area contributed by atoms with Crippen molar-refractivity contribution in [3.8, 4) is 0 Å². The van der Waals surface area contributed by atoms with Crippen LogP contribution in [-0.4, -0.2) is 49.7 Å². The molecule has 1 fully saturated rings. The Hall–Kier alpha value is -2.61. The van der Waals surface area contributed by atoms with Crippen LogP contribution in [0.25, 0.3) is 0 Å². The second-order valence-electron chi connectivity index (χ2n) is 6.32. The SMILES string of the molecule is CN(C(=O)c1cccc(C(=O)NCc2ccco2)c1)C1CCS(=O)(=O)C1. The number of furan rings is 1. The number of nitrogens with zero attached hydrogens (tertiary/aromatic N) is 1. The summed E-state index contributed by atoms with van der Waals surface area (Å²) in [7, 11) is -1.48. The predicted octanol–water partition coefficient (Wildman–Crippen LogP) is 1.47. The van der Waals surface area contributed by atoms with Gasteiger partial charge in [0.05, 0.1) is 24.3 Å². The number of carbonyl (C=O) groups is 2. The van der Waals surface area contributed by atoms with Crippen LogP contribution in [0, 0.1) is 0 Å². The van der Waals surface area contributed by atoms with Gasteiger partial charge in [-0.3, -0.25) is 9.59 Å². The normalized spacial score (nSPS) is 18.4. The van der Waals surface area contributed by atoms with Crippen molar-refractivity contribution in [1.29, 1.82) is 0 Å². The van der Waals surface area contributed by atoms with Gasteiger partial charge in [-0.2, -0.15) is 0 Å². The van der Waals surface area contributed by atoms with Crippen LogP contribution >= 0.6 is 0 Å². The average Bonchev–Trinajstić information content (AvgIpc) is 3.27. The van der Waals surface area contributed by atoms with E-state index in [0.29, 0.717) is 23.3 Å². The Balaban J connectivity index is 1.68. The van der Waals surface area contributed by atoms with Crippen LogP contribution in [0.2, 0.25) is 0 Å². The number of sulfone groups is 1. The quantitative estimate of drug-likeness (QED) is 0.852. The molecule has 1 N–H and O–H groups in total. The summed E-state index contributed by atoms with van der Waals surface area (Å²) in [5.74, 6) is 0.103. The summed E-state index contributed by atoms with van der Waals surface area (Å²) in [6.07, 6.45) is 1.97. The summed E-state index contributed by atoms with van der Waals surface area (Å²) in [5, 5.41) is 2.73. The van der Waals surface area contributed by atoms with Crippen molar-refractivity contribution in [1.82, 2.24) is 10.2 Å². The third-order valence-corrected chi connectivity index (χ3v) is 6.20.